The Kier molecular flexibility index (Phi) is 3.38. The molecule has 2 rings (SSSR count). The van der Waals surface area contributed by atoms with Crippen LogP contribution in [0.25, 0.3) is 0 Å². The Hall–Kier alpha value is -2.21. The van der Waals surface area contributed by atoms with Crippen LogP contribution in [0, 0.1) is 0 Å². The van der Waals surface area contributed by atoms with E-state index in [4.69, 9.17) is 9.92 Å². The molecule has 0 aliphatic carbocycles. The average molecular weight is 264 g/mol. The van der Waals surface area contributed by atoms with Crippen LogP contribution in [0.4, 0.5) is 11.4 Å². The summed E-state index contributed by atoms with van der Waals surface area (Å²) in [6, 6.07) is 14.8. The van der Waals surface area contributed by atoms with E-state index in [-0.39, 0.29) is 11.4 Å². The quantitative estimate of drug-likeness (QED) is 0.828. The number of para-hydroxylation sites is 3. The van der Waals surface area contributed by atoms with E-state index in [0.717, 1.165) is 0 Å². The Morgan fingerprint density at radius 3 is 2.22 bits per heavy atom. The predicted octanol–water partition coefficient (Wildman–Crippen LogP) is 2.00. The fourth-order valence-electron chi connectivity index (χ4n) is 1.35. The van der Waals surface area contributed by atoms with Crippen molar-refractivity contribution in [1.29, 1.82) is 0 Å². The van der Waals surface area contributed by atoms with E-state index < -0.39 is 10.3 Å². The van der Waals surface area contributed by atoms with Crippen molar-refractivity contribution in [3.05, 3.63) is 54.6 Å². The third kappa shape index (κ3) is 3.14. The highest BCUT2D eigenvalue weighted by Crippen LogP contribution is 2.22. The van der Waals surface area contributed by atoms with Crippen LogP contribution in [0.15, 0.2) is 54.6 Å². The lowest BCUT2D eigenvalue weighted by Gasteiger charge is -2.10. The van der Waals surface area contributed by atoms with Crippen molar-refractivity contribution in [3.8, 4) is 5.75 Å². The molecule has 0 fully saturated rings. The van der Waals surface area contributed by atoms with Crippen LogP contribution in [0.2, 0.25) is 0 Å². The summed E-state index contributed by atoms with van der Waals surface area (Å²) in [7, 11) is -3.94. The van der Waals surface area contributed by atoms with Gasteiger partial charge >= 0.3 is 10.3 Å². The van der Waals surface area contributed by atoms with Gasteiger partial charge in [-0.25, -0.2) is 0 Å². The zero-order valence-corrected chi connectivity index (χ0v) is 10.2. The van der Waals surface area contributed by atoms with Crippen LogP contribution >= 0.6 is 0 Å². The normalized spacial score (nSPS) is 10.9. The molecular weight excluding hydrogens is 252 g/mol. The number of nitrogens with one attached hydrogen (secondary N) is 1. The highest BCUT2D eigenvalue weighted by atomic mass is 32.2. The molecule has 0 aliphatic rings. The molecule has 0 unspecified atom stereocenters. The minimum Gasteiger partial charge on any atom is -0.396 e. The van der Waals surface area contributed by atoms with Gasteiger partial charge in [0.25, 0.3) is 0 Å². The lowest BCUT2D eigenvalue weighted by molar-refractivity contribution is 0.493. The Bertz CT molecular complexity index is 627. The summed E-state index contributed by atoms with van der Waals surface area (Å²) in [4.78, 5) is 0. The lowest BCUT2D eigenvalue weighted by Crippen LogP contribution is -2.19. The molecular formula is C12H12N2O3S. The van der Waals surface area contributed by atoms with E-state index in [2.05, 4.69) is 4.72 Å². The summed E-state index contributed by atoms with van der Waals surface area (Å²) in [5.74, 6) is 0.0981. The molecule has 0 saturated carbocycles. The smallest absolute Gasteiger partial charge is 0.396 e. The Labute approximate surface area is 105 Å². The van der Waals surface area contributed by atoms with Gasteiger partial charge in [-0.2, -0.15) is 8.42 Å². The number of nitrogens with two attached hydrogens (primary N) is 1. The third-order valence-electron chi connectivity index (χ3n) is 2.14. The largest absolute Gasteiger partial charge is 0.407 e. The first-order valence-corrected chi connectivity index (χ1v) is 6.59. The van der Waals surface area contributed by atoms with Crippen LogP contribution in [-0.4, -0.2) is 8.42 Å². The number of hydrogen-bond donors (Lipinski definition) is 2. The molecule has 2 aromatic rings. The van der Waals surface area contributed by atoms with Crippen molar-refractivity contribution in [2.45, 2.75) is 0 Å². The summed E-state index contributed by atoms with van der Waals surface area (Å²) in [5, 5.41) is 0. The number of rotatable bonds is 4. The first kappa shape index (κ1) is 12.3. The maximum Gasteiger partial charge on any atom is 0.407 e. The average Bonchev–Trinajstić information content (AvgIpc) is 2.32. The minimum atomic E-state index is -3.94. The second kappa shape index (κ2) is 4.97. The Morgan fingerprint density at radius 2 is 1.56 bits per heavy atom. The third-order valence-corrected chi connectivity index (χ3v) is 3.02. The molecule has 0 amide bonds. The van der Waals surface area contributed by atoms with Gasteiger partial charge in [0.2, 0.25) is 0 Å². The molecule has 94 valence electrons. The number of benzene rings is 2. The fourth-order valence-corrected chi connectivity index (χ4v) is 2.20. The molecule has 0 heterocycles. The van der Waals surface area contributed by atoms with E-state index >= 15 is 0 Å². The van der Waals surface area contributed by atoms with Crippen LogP contribution < -0.4 is 14.6 Å². The molecule has 0 spiro atoms. The van der Waals surface area contributed by atoms with Crippen molar-refractivity contribution >= 4 is 21.7 Å². The van der Waals surface area contributed by atoms with Gasteiger partial charge in [0, 0.05) is 0 Å². The van der Waals surface area contributed by atoms with Crippen LogP contribution in [-0.2, 0) is 10.3 Å². The van der Waals surface area contributed by atoms with E-state index in [9.17, 15) is 8.42 Å². The first-order chi connectivity index (χ1) is 8.57. The predicted molar refractivity (Wildman–Crippen MR) is 70.5 cm³/mol. The van der Waals surface area contributed by atoms with Crippen molar-refractivity contribution in [1.82, 2.24) is 0 Å². The minimum absolute atomic E-state index is 0.0981. The summed E-state index contributed by atoms with van der Waals surface area (Å²) in [6.07, 6.45) is 0. The van der Waals surface area contributed by atoms with E-state index in [0.29, 0.717) is 5.69 Å². The van der Waals surface area contributed by atoms with Crippen LogP contribution in [0.5, 0.6) is 5.75 Å². The molecule has 3 N–H and O–H groups in total. The van der Waals surface area contributed by atoms with Crippen molar-refractivity contribution < 1.29 is 12.6 Å². The standard InChI is InChI=1S/C12H12N2O3S/c13-11-8-4-5-9-12(11)17-18(15,16)14-10-6-2-1-3-7-10/h1-9,14H,13H2. The van der Waals surface area contributed by atoms with Gasteiger partial charge in [0.15, 0.2) is 5.75 Å². The highest BCUT2D eigenvalue weighted by molar-refractivity contribution is 7.88. The molecule has 0 saturated heterocycles. The fraction of sp³-hybridized carbons (Fsp3) is 0. The van der Waals surface area contributed by atoms with Crippen LogP contribution in [0.3, 0.4) is 0 Å². The molecule has 0 atom stereocenters. The summed E-state index contributed by atoms with van der Waals surface area (Å²) < 4.78 is 30.6. The number of anilines is 2. The zero-order chi connectivity index (χ0) is 13.0. The number of nitrogen functional groups attached to an aromatic ring is 1. The van der Waals surface area contributed by atoms with E-state index in [1.165, 1.54) is 6.07 Å². The molecule has 18 heavy (non-hydrogen) atoms. The van der Waals surface area contributed by atoms with Gasteiger partial charge < -0.3 is 9.92 Å². The van der Waals surface area contributed by atoms with E-state index in [1.54, 1.807) is 48.5 Å². The first-order valence-electron chi connectivity index (χ1n) is 5.18. The molecule has 0 radical (unpaired) electrons. The zero-order valence-electron chi connectivity index (χ0n) is 9.41. The topological polar surface area (TPSA) is 81.4 Å². The van der Waals surface area contributed by atoms with Crippen molar-refractivity contribution in [2.24, 2.45) is 0 Å². The molecule has 0 aliphatic heterocycles. The Morgan fingerprint density at radius 1 is 0.944 bits per heavy atom. The van der Waals surface area contributed by atoms with Gasteiger partial charge in [-0.15, -0.1) is 0 Å². The summed E-state index contributed by atoms with van der Waals surface area (Å²) >= 11 is 0. The lowest BCUT2D eigenvalue weighted by atomic mass is 10.3. The molecule has 0 bridgehead atoms. The van der Waals surface area contributed by atoms with E-state index in [1.807, 2.05) is 0 Å². The molecule has 5 nitrogen and oxygen atoms in total. The Balaban J connectivity index is 2.16. The molecule has 6 heteroatoms. The van der Waals surface area contributed by atoms with Gasteiger partial charge in [0.05, 0.1) is 11.4 Å². The maximum absolute atomic E-state index is 11.7. The number of hydrogen-bond acceptors (Lipinski definition) is 4. The SMILES string of the molecule is Nc1ccccc1OS(=O)(=O)Nc1ccccc1. The van der Waals surface area contributed by atoms with Crippen molar-refractivity contribution in [3.63, 3.8) is 0 Å². The van der Waals surface area contributed by atoms with Gasteiger partial charge in [0.1, 0.15) is 0 Å². The van der Waals surface area contributed by atoms with Gasteiger partial charge in [-0.1, -0.05) is 30.3 Å². The van der Waals surface area contributed by atoms with Gasteiger partial charge in [-0.3, -0.25) is 4.72 Å². The highest BCUT2D eigenvalue weighted by Gasteiger charge is 2.13. The molecule has 2 aromatic carbocycles. The maximum atomic E-state index is 11.7. The summed E-state index contributed by atoms with van der Waals surface area (Å²) in [6.45, 7) is 0. The summed E-state index contributed by atoms with van der Waals surface area (Å²) in [5.41, 5.74) is 6.29. The van der Waals surface area contributed by atoms with Crippen molar-refractivity contribution in [2.75, 3.05) is 10.5 Å². The van der Waals surface area contributed by atoms with Crippen LogP contribution in [0.1, 0.15) is 0 Å². The second-order valence-electron chi connectivity index (χ2n) is 3.54. The molecule has 0 aromatic heterocycles. The van der Waals surface area contributed by atoms with Gasteiger partial charge in [-0.05, 0) is 24.3 Å². The second-order valence-corrected chi connectivity index (χ2v) is 4.82. The monoisotopic (exact) mass is 264 g/mol.